The zero-order chi connectivity index (χ0) is 18.0. The highest BCUT2D eigenvalue weighted by molar-refractivity contribution is 5.98. The average molecular weight is 344 g/mol. The Kier molecular flexibility index (Phi) is 5.30. The van der Waals surface area contributed by atoms with Gasteiger partial charge in [0.25, 0.3) is 5.91 Å². The number of benzene rings is 1. The van der Waals surface area contributed by atoms with Gasteiger partial charge >= 0.3 is 0 Å². The number of carbonyl (C=O) groups is 1. The van der Waals surface area contributed by atoms with Gasteiger partial charge in [-0.1, -0.05) is 0 Å². The number of carbonyl (C=O) groups excluding carboxylic acids is 1. The molecular weight excluding hydrogens is 316 g/mol. The number of rotatable bonds is 5. The van der Waals surface area contributed by atoms with Crippen molar-refractivity contribution in [3.8, 4) is 5.75 Å². The topological polar surface area (TPSA) is 60.6 Å². The lowest BCUT2D eigenvalue weighted by Gasteiger charge is -2.40. The fourth-order valence-electron chi connectivity index (χ4n) is 3.45. The van der Waals surface area contributed by atoms with Crippen LogP contribution < -0.4 is 10.1 Å². The lowest BCUT2D eigenvalue weighted by molar-refractivity contribution is 0.0769. The summed E-state index contributed by atoms with van der Waals surface area (Å²) < 4.78 is 5.52. The second kappa shape index (κ2) is 7.45. The molecule has 2 heterocycles. The Labute approximate surface area is 149 Å². The van der Waals surface area contributed by atoms with Crippen LogP contribution in [0.25, 0.3) is 10.9 Å². The molecule has 25 heavy (non-hydrogen) atoms. The minimum Gasteiger partial charge on any atom is -0.494 e. The monoisotopic (exact) mass is 344 g/mol. The number of hydrogen-bond acceptors (Lipinski definition) is 4. The molecule has 1 saturated heterocycles. The molecule has 2 N–H and O–H groups in total. The maximum absolute atomic E-state index is 12.7. The van der Waals surface area contributed by atoms with Crippen LogP contribution >= 0.6 is 0 Å². The maximum Gasteiger partial charge on any atom is 0.267 e. The van der Waals surface area contributed by atoms with Gasteiger partial charge in [-0.2, -0.15) is 0 Å². The Morgan fingerprint density at radius 1 is 1.36 bits per heavy atom. The molecule has 6 heteroatoms. The highest BCUT2D eigenvalue weighted by atomic mass is 16.5. The summed E-state index contributed by atoms with van der Waals surface area (Å²) in [4.78, 5) is 20.5. The lowest BCUT2D eigenvalue weighted by atomic mass is 10.1. The number of ether oxygens (including phenoxy) is 1. The Morgan fingerprint density at radius 3 is 2.92 bits per heavy atom. The first-order valence-electron chi connectivity index (χ1n) is 8.93. The molecule has 0 spiro atoms. The van der Waals surface area contributed by atoms with E-state index in [4.69, 9.17) is 4.74 Å². The van der Waals surface area contributed by atoms with E-state index in [1.54, 1.807) is 0 Å². The molecule has 2 aromatic rings. The largest absolute Gasteiger partial charge is 0.494 e. The second-order valence-corrected chi connectivity index (χ2v) is 6.94. The number of amides is 1. The molecule has 1 fully saturated rings. The van der Waals surface area contributed by atoms with Crippen molar-refractivity contribution in [3.63, 3.8) is 0 Å². The number of piperazine rings is 1. The molecule has 1 aliphatic rings. The standard InChI is InChI=1S/C19H28N4O2/c1-5-25-15-7-6-14-10-17(21-16(14)11-15)19(24)20-13(2)18-12-22(3)8-9-23(18)4/h6-7,10-11,13,18,21H,5,8-9,12H2,1-4H3,(H,20,24). The Hall–Kier alpha value is -2.05. The molecule has 1 aromatic heterocycles. The van der Waals surface area contributed by atoms with Crippen molar-refractivity contribution < 1.29 is 9.53 Å². The SMILES string of the molecule is CCOc1ccc2cc(C(=O)NC(C)C3CN(C)CCN3C)[nH]c2c1. The molecular formula is C19H28N4O2. The number of aromatic nitrogens is 1. The van der Waals surface area contributed by atoms with Crippen LogP contribution in [0.1, 0.15) is 24.3 Å². The number of nitrogens with zero attached hydrogens (tertiary/aromatic N) is 2. The predicted octanol–water partition coefficient (Wildman–Crippen LogP) is 1.93. The molecule has 0 saturated carbocycles. The number of fused-ring (bicyclic) bond motifs is 1. The van der Waals surface area contributed by atoms with Crippen LogP contribution in [-0.4, -0.2) is 73.1 Å². The smallest absolute Gasteiger partial charge is 0.267 e. The van der Waals surface area contributed by atoms with Crippen molar-refractivity contribution in [2.45, 2.75) is 25.9 Å². The summed E-state index contributed by atoms with van der Waals surface area (Å²) in [6.07, 6.45) is 0. The zero-order valence-electron chi connectivity index (χ0n) is 15.5. The number of nitrogens with one attached hydrogen (secondary N) is 2. The van der Waals surface area contributed by atoms with E-state index in [0.29, 0.717) is 18.3 Å². The molecule has 2 atom stereocenters. The van der Waals surface area contributed by atoms with Crippen molar-refractivity contribution in [2.75, 3.05) is 40.3 Å². The van der Waals surface area contributed by atoms with Gasteiger partial charge in [0.1, 0.15) is 11.4 Å². The van der Waals surface area contributed by atoms with Crippen LogP contribution in [-0.2, 0) is 0 Å². The van der Waals surface area contributed by atoms with E-state index in [-0.39, 0.29) is 11.9 Å². The third kappa shape index (κ3) is 3.96. The van der Waals surface area contributed by atoms with Crippen molar-refractivity contribution >= 4 is 16.8 Å². The van der Waals surface area contributed by atoms with Gasteiger partial charge in [-0.25, -0.2) is 0 Å². The Bertz CT molecular complexity index is 742. The maximum atomic E-state index is 12.7. The van der Waals surface area contributed by atoms with E-state index in [0.717, 1.165) is 36.3 Å². The molecule has 2 unspecified atom stereocenters. The summed E-state index contributed by atoms with van der Waals surface area (Å²) in [5, 5.41) is 4.16. The van der Waals surface area contributed by atoms with Gasteiger partial charge in [0, 0.05) is 48.7 Å². The molecule has 1 amide bonds. The minimum absolute atomic E-state index is 0.0664. The summed E-state index contributed by atoms with van der Waals surface area (Å²) >= 11 is 0. The average Bonchev–Trinajstić information content (AvgIpc) is 3.00. The third-order valence-corrected chi connectivity index (χ3v) is 4.98. The highest BCUT2D eigenvalue weighted by Gasteiger charge is 2.28. The van der Waals surface area contributed by atoms with Crippen LogP contribution in [0, 0.1) is 0 Å². The molecule has 0 aliphatic carbocycles. The van der Waals surface area contributed by atoms with Gasteiger partial charge in [0.15, 0.2) is 0 Å². The summed E-state index contributed by atoms with van der Waals surface area (Å²) in [6.45, 7) is 7.71. The van der Waals surface area contributed by atoms with E-state index in [1.165, 1.54) is 0 Å². The first kappa shape index (κ1) is 17.8. The number of H-pyrrole nitrogens is 1. The van der Waals surface area contributed by atoms with Crippen LogP contribution in [0.15, 0.2) is 24.3 Å². The van der Waals surface area contributed by atoms with Crippen molar-refractivity contribution in [1.82, 2.24) is 20.1 Å². The summed E-state index contributed by atoms with van der Waals surface area (Å²) in [7, 11) is 4.25. The summed E-state index contributed by atoms with van der Waals surface area (Å²) in [5.74, 6) is 0.743. The number of hydrogen-bond donors (Lipinski definition) is 2. The van der Waals surface area contributed by atoms with Gasteiger partial charge in [-0.05, 0) is 46.1 Å². The van der Waals surface area contributed by atoms with Gasteiger partial charge in [-0.15, -0.1) is 0 Å². The normalized spacial score (nSPS) is 20.6. The predicted molar refractivity (Wildman–Crippen MR) is 100 cm³/mol. The molecule has 1 aliphatic heterocycles. The Morgan fingerprint density at radius 2 is 2.16 bits per heavy atom. The van der Waals surface area contributed by atoms with Crippen molar-refractivity contribution in [3.05, 3.63) is 30.0 Å². The molecule has 6 nitrogen and oxygen atoms in total. The van der Waals surface area contributed by atoms with Gasteiger partial charge in [-0.3, -0.25) is 9.69 Å². The van der Waals surface area contributed by atoms with Crippen LogP contribution in [0.5, 0.6) is 5.75 Å². The van der Waals surface area contributed by atoms with Crippen molar-refractivity contribution in [2.24, 2.45) is 0 Å². The summed E-state index contributed by atoms with van der Waals surface area (Å²) in [5.41, 5.74) is 1.50. The molecule has 0 radical (unpaired) electrons. The molecule has 0 bridgehead atoms. The molecule has 3 rings (SSSR count). The molecule has 1 aromatic carbocycles. The van der Waals surface area contributed by atoms with Crippen LogP contribution in [0.3, 0.4) is 0 Å². The van der Waals surface area contributed by atoms with E-state index in [2.05, 4.69) is 41.1 Å². The fraction of sp³-hybridized carbons (Fsp3) is 0.526. The third-order valence-electron chi connectivity index (χ3n) is 4.98. The highest BCUT2D eigenvalue weighted by Crippen LogP contribution is 2.22. The van der Waals surface area contributed by atoms with E-state index in [9.17, 15) is 4.79 Å². The van der Waals surface area contributed by atoms with E-state index < -0.39 is 0 Å². The van der Waals surface area contributed by atoms with Gasteiger partial charge < -0.3 is 19.9 Å². The first-order chi connectivity index (χ1) is 12.0. The summed E-state index contributed by atoms with van der Waals surface area (Å²) in [6, 6.07) is 8.12. The van der Waals surface area contributed by atoms with Crippen LogP contribution in [0.2, 0.25) is 0 Å². The number of likely N-dealkylation sites (N-methyl/N-ethyl adjacent to an activating group) is 2. The molecule has 136 valence electrons. The Balaban J connectivity index is 1.71. The van der Waals surface area contributed by atoms with Crippen LogP contribution in [0.4, 0.5) is 0 Å². The second-order valence-electron chi connectivity index (χ2n) is 6.94. The lowest BCUT2D eigenvalue weighted by Crippen LogP contribution is -2.58. The van der Waals surface area contributed by atoms with E-state index in [1.807, 2.05) is 31.2 Å². The first-order valence-corrected chi connectivity index (χ1v) is 8.93. The minimum atomic E-state index is -0.0664. The van der Waals surface area contributed by atoms with Gasteiger partial charge in [0.2, 0.25) is 0 Å². The van der Waals surface area contributed by atoms with E-state index >= 15 is 0 Å². The van der Waals surface area contributed by atoms with Crippen molar-refractivity contribution in [1.29, 1.82) is 0 Å². The van der Waals surface area contributed by atoms with Gasteiger partial charge in [0.05, 0.1) is 6.61 Å². The fourth-order valence-corrected chi connectivity index (χ4v) is 3.45. The zero-order valence-corrected chi connectivity index (χ0v) is 15.5. The quantitative estimate of drug-likeness (QED) is 0.870. The number of aromatic amines is 1.